The molecule has 4 nitrogen and oxygen atoms in total. The maximum Gasteiger partial charge on any atom is 0.187 e. The maximum atomic E-state index is 9.60. The van der Waals surface area contributed by atoms with E-state index in [0.29, 0.717) is 11.3 Å². The highest BCUT2D eigenvalue weighted by Gasteiger charge is 2.37. The van der Waals surface area contributed by atoms with Crippen molar-refractivity contribution in [3.05, 3.63) is 209 Å². The molecule has 2 aromatic heterocycles. The van der Waals surface area contributed by atoms with E-state index in [-0.39, 0.29) is 10.8 Å². The number of nitrogens with zero attached hydrogens (tertiary/aromatic N) is 4. The zero-order chi connectivity index (χ0) is 43.5. The van der Waals surface area contributed by atoms with Crippen LogP contribution in [0.2, 0.25) is 0 Å². The third-order valence-corrected chi connectivity index (χ3v) is 14.1. The van der Waals surface area contributed by atoms with E-state index >= 15 is 0 Å². The Balaban J connectivity index is 1.17. The number of pyridine rings is 2. The van der Waals surface area contributed by atoms with Crippen LogP contribution in [-0.2, 0) is 10.8 Å². The van der Waals surface area contributed by atoms with Crippen LogP contribution in [0, 0.1) is 17.9 Å². The standard InChI is InChI=1S/C60H40N4/c1-59(2)51-12-8-6-10-41(51)43-24-20-38(30-53(43)59)47-33-50-49(57-45(47)26-28-55(63-57)36-16-14-35(34-61)15-17-36)32-48(46-27-29-56(64-58(46)50)37-18-22-40(62-5)23-19-37)39-21-25-44-42-11-7-9-13-52(42)60(3,4)54(44)31-39/h6-33H,1-4H3. The molecule has 0 N–H and O–H groups in total. The van der Waals surface area contributed by atoms with E-state index < -0.39 is 0 Å². The second-order valence-corrected chi connectivity index (χ2v) is 18.3. The fraction of sp³-hybridized carbons (Fsp3) is 0.100. The zero-order valence-electron chi connectivity index (χ0n) is 36.0. The van der Waals surface area contributed by atoms with Crippen LogP contribution < -0.4 is 0 Å². The van der Waals surface area contributed by atoms with Crippen LogP contribution in [0.15, 0.2) is 170 Å². The summed E-state index contributed by atoms with van der Waals surface area (Å²) in [6, 6.07) is 62.5. The van der Waals surface area contributed by atoms with E-state index in [0.717, 1.165) is 77.3 Å². The number of rotatable bonds is 4. The third kappa shape index (κ3) is 5.46. The molecule has 2 aliphatic rings. The van der Waals surface area contributed by atoms with Crippen molar-refractivity contribution in [3.63, 3.8) is 0 Å². The molecule has 0 radical (unpaired) electrons. The van der Waals surface area contributed by atoms with Crippen molar-refractivity contribution in [1.82, 2.24) is 9.97 Å². The van der Waals surface area contributed by atoms with Crippen molar-refractivity contribution in [1.29, 1.82) is 5.26 Å². The molecule has 0 spiro atoms. The molecule has 0 saturated carbocycles. The number of hydrogen-bond donors (Lipinski definition) is 0. The third-order valence-electron chi connectivity index (χ3n) is 14.1. The zero-order valence-corrected chi connectivity index (χ0v) is 36.0. The molecule has 10 aromatic rings. The quantitative estimate of drug-likeness (QED) is 0.131. The van der Waals surface area contributed by atoms with Crippen LogP contribution in [-0.4, -0.2) is 9.97 Å². The smallest absolute Gasteiger partial charge is 0.187 e. The van der Waals surface area contributed by atoms with Gasteiger partial charge in [-0.1, -0.05) is 137 Å². The number of benzene rings is 8. The van der Waals surface area contributed by atoms with Crippen molar-refractivity contribution in [3.8, 4) is 73.1 Å². The lowest BCUT2D eigenvalue weighted by Gasteiger charge is -2.23. The van der Waals surface area contributed by atoms with E-state index in [9.17, 15) is 5.26 Å². The minimum atomic E-state index is -0.164. The number of aromatic nitrogens is 2. The molecule has 0 atom stereocenters. The predicted molar refractivity (Wildman–Crippen MR) is 262 cm³/mol. The van der Waals surface area contributed by atoms with Gasteiger partial charge in [0.1, 0.15) is 0 Å². The molecule has 12 rings (SSSR count). The van der Waals surface area contributed by atoms with Gasteiger partial charge in [0.25, 0.3) is 0 Å². The minimum Gasteiger partial charge on any atom is -0.247 e. The second-order valence-electron chi connectivity index (χ2n) is 18.3. The van der Waals surface area contributed by atoms with Crippen molar-refractivity contribution in [2.24, 2.45) is 0 Å². The van der Waals surface area contributed by atoms with Crippen LogP contribution in [0.3, 0.4) is 0 Å². The molecular weight excluding hydrogens is 777 g/mol. The average Bonchev–Trinajstić information content (AvgIpc) is 3.71. The van der Waals surface area contributed by atoms with Crippen LogP contribution in [0.25, 0.3) is 104 Å². The van der Waals surface area contributed by atoms with Gasteiger partial charge in [0.15, 0.2) is 5.69 Å². The van der Waals surface area contributed by atoms with Gasteiger partial charge in [0.05, 0.1) is 40.6 Å². The molecule has 0 amide bonds. The highest BCUT2D eigenvalue weighted by Crippen LogP contribution is 2.52. The van der Waals surface area contributed by atoms with E-state index in [1.807, 2.05) is 48.5 Å². The van der Waals surface area contributed by atoms with Gasteiger partial charge in [-0.25, -0.2) is 14.8 Å². The Morgan fingerprint density at radius 3 is 1.30 bits per heavy atom. The molecule has 2 aliphatic carbocycles. The molecule has 64 heavy (non-hydrogen) atoms. The van der Waals surface area contributed by atoms with Gasteiger partial charge in [0, 0.05) is 37.9 Å². The first-order valence-electron chi connectivity index (χ1n) is 21.8. The lowest BCUT2D eigenvalue weighted by Crippen LogP contribution is -2.14. The van der Waals surface area contributed by atoms with Gasteiger partial charge in [-0.2, -0.15) is 5.26 Å². The summed E-state index contributed by atoms with van der Waals surface area (Å²) in [5.74, 6) is 0. The van der Waals surface area contributed by atoms with Crippen LogP contribution >= 0.6 is 0 Å². The Kier molecular flexibility index (Phi) is 8.02. The minimum absolute atomic E-state index is 0.164. The Morgan fingerprint density at radius 1 is 0.422 bits per heavy atom. The largest absolute Gasteiger partial charge is 0.247 e. The molecule has 8 aromatic carbocycles. The average molecular weight is 817 g/mol. The van der Waals surface area contributed by atoms with Gasteiger partial charge in [-0.15, -0.1) is 0 Å². The van der Waals surface area contributed by atoms with Gasteiger partial charge < -0.3 is 0 Å². The first-order valence-corrected chi connectivity index (χ1v) is 21.8. The van der Waals surface area contributed by atoms with Gasteiger partial charge in [0.2, 0.25) is 0 Å². The van der Waals surface area contributed by atoms with Gasteiger partial charge in [-0.3, -0.25) is 0 Å². The van der Waals surface area contributed by atoms with Gasteiger partial charge in [-0.05, 0) is 133 Å². The van der Waals surface area contributed by atoms with Gasteiger partial charge >= 0.3 is 0 Å². The van der Waals surface area contributed by atoms with Crippen LogP contribution in [0.5, 0.6) is 0 Å². The summed E-state index contributed by atoms with van der Waals surface area (Å²) >= 11 is 0. The van der Waals surface area contributed by atoms with E-state index in [1.165, 1.54) is 44.5 Å². The summed E-state index contributed by atoms with van der Waals surface area (Å²) in [6.07, 6.45) is 0. The Labute approximate surface area is 372 Å². The summed E-state index contributed by atoms with van der Waals surface area (Å²) < 4.78 is 0. The summed E-state index contributed by atoms with van der Waals surface area (Å²) in [5.41, 5.74) is 21.1. The summed E-state index contributed by atoms with van der Waals surface area (Å²) in [4.78, 5) is 14.8. The number of hydrogen-bond acceptors (Lipinski definition) is 3. The highest BCUT2D eigenvalue weighted by molar-refractivity contribution is 6.22. The molecule has 0 bridgehead atoms. The molecule has 0 fully saturated rings. The first-order chi connectivity index (χ1) is 31.1. The normalized spacial score (nSPS) is 13.8. The SMILES string of the molecule is [C-]#[N+]c1ccc(-c2ccc3c(-c4ccc5c(c4)C(C)(C)c4ccccc4-5)cc4c(cc(-c5ccc6c(c5)C(C)(C)c5ccccc5-6)c5ccc(-c6ccc(C#N)cc6)nc54)c3n2)cc1. The summed E-state index contributed by atoms with van der Waals surface area (Å²) in [7, 11) is 0. The molecule has 0 aliphatic heterocycles. The monoisotopic (exact) mass is 816 g/mol. The summed E-state index contributed by atoms with van der Waals surface area (Å²) in [5, 5.41) is 13.7. The topological polar surface area (TPSA) is 53.9 Å². The number of fused-ring (bicyclic) bond motifs is 11. The summed E-state index contributed by atoms with van der Waals surface area (Å²) in [6.45, 7) is 16.9. The fourth-order valence-corrected chi connectivity index (χ4v) is 10.7. The molecule has 0 unspecified atom stereocenters. The number of nitriles is 1. The van der Waals surface area contributed by atoms with E-state index in [4.69, 9.17) is 16.5 Å². The van der Waals surface area contributed by atoms with E-state index in [2.05, 4.69) is 160 Å². The van der Waals surface area contributed by atoms with Crippen LogP contribution in [0.4, 0.5) is 5.69 Å². The lowest BCUT2D eigenvalue weighted by atomic mass is 9.81. The molecular formula is C60H40N4. The van der Waals surface area contributed by atoms with Crippen molar-refractivity contribution < 1.29 is 0 Å². The van der Waals surface area contributed by atoms with Crippen molar-refractivity contribution in [2.75, 3.05) is 0 Å². The van der Waals surface area contributed by atoms with Crippen molar-refractivity contribution in [2.45, 2.75) is 38.5 Å². The lowest BCUT2D eigenvalue weighted by molar-refractivity contribution is 0.660. The molecule has 2 heterocycles. The second kappa shape index (κ2) is 13.7. The Morgan fingerprint density at radius 2 is 0.844 bits per heavy atom. The molecule has 4 heteroatoms. The molecule has 0 saturated heterocycles. The Bertz CT molecular complexity index is 3480. The van der Waals surface area contributed by atoms with Crippen molar-refractivity contribution >= 4 is 38.3 Å². The first kappa shape index (κ1) is 37.6. The van der Waals surface area contributed by atoms with E-state index in [1.54, 1.807) is 0 Å². The Hall–Kier alpha value is -8.18. The maximum absolute atomic E-state index is 9.60. The molecule has 300 valence electrons. The predicted octanol–water partition coefficient (Wildman–Crippen LogP) is 15.6. The van der Waals surface area contributed by atoms with Crippen LogP contribution in [0.1, 0.15) is 55.5 Å². The highest BCUT2D eigenvalue weighted by atomic mass is 14.7. The fourth-order valence-electron chi connectivity index (χ4n) is 10.7.